The van der Waals surface area contributed by atoms with Crippen LogP contribution in [0.2, 0.25) is 0 Å². The highest BCUT2D eigenvalue weighted by atomic mass is 16.5. The number of oxazole rings is 2. The lowest BCUT2D eigenvalue weighted by molar-refractivity contribution is -0.140. The predicted octanol–water partition coefficient (Wildman–Crippen LogP) is 7.03. The second kappa shape index (κ2) is 10.8. The molecular formula is C43H38N4O6. The minimum Gasteiger partial charge on any atom is -0.469 e. The van der Waals surface area contributed by atoms with E-state index in [-0.39, 0.29) is 24.0 Å². The van der Waals surface area contributed by atoms with Gasteiger partial charge in [0.25, 0.3) is 0 Å². The van der Waals surface area contributed by atoms with Gasteiger partial charge in [-0.25, -0.2) is 9.97 Å². The van der Waals surface area contributed by atoms with Crippen LogP contribution in [0.25, 0.3) is 28.3 Å². The van der Waals surface area contributed by atoms with Crippen molar-refractivity contribution in [3.05, 3.63) is 112 Å². The molecule has 1 fully saturated rings. The number of nitrogens with one attached hydrogen (secondary N) is 2. The third kappa shape index (κ3) is 4.18. The molecule has 5 aromatic rings. The number of para-hydroxylation sites is 1. The number of anilines is 1. The quantitative estimate of drug-likeness (QED) is 0.180. The van der Waals surface area contributed by atoms with Crippen LogP contribution in [0.5, 0.6) is 5.75 Å². The number of allylic oxidation sites excluding steroid dienone is 1. The van der Waals surface area contributed by atoms with Gasteiger partial charge in [0.05, 0.1) is 6.20 Å². The molecule has 11 rings (SSSR count). The molecule has 4 atom stereocenters. The topological polar surface area (TPSA) is 140 Å². The van der Waals surface area contributed by atoms with Crippen LogP contribution in [-0.4, -0.2) is 38.6 Å². The number of amides is 1. The number of aliphatic hydroxyl groups is 1. The van der Waals surface area contributed by atoms with Crippen molar-refractivity contribution in [2.75, 3.05) is 5.32 Å². The number of carbonyl (C=O) groups excluding carboxylic acids is 2. The van der Waals surface area contributed by atoms with Crippen molar-refractivity contribution in [2.45, 2.75) is 82.1 Å². The molecule has 266 valence electrons. The average molecular weight is 707 g/mol. The Bertz CT molecular complexity index is 2450. The van der Waals surface area contributed by atoms with Gasteiger partial charge in [-0.15, -0.1) is 0 Å². The Morgan fingerprint density at radius 1 is 1.02 bits per heavy atom. The molecule has 2 aliphatic carbocycles. The number of hydrogen-bond acceptors (Lipinski definition) is 9. The Morgan fingerprint density at radius 3 is 2.70 bits per heavy atom. The summed E-state index contributed by atoms with van der Waals surface area (Å²) in [6.07, 6.45) is 6.82. The second-order valence-electron chi connectivity index (χ2n) is 15.9. The highest BCUT2D eigenvalue weighted by Gasteiger charge is 2.62. The fraction of sp³-hybridized carbons (Fsp3) is 0.349. The number of benzene rings is 3. The Hall–Kier alpha value is -5.48. The largest absolute Gasteiger partial charge is 0.469 e. The summed E-state index contributed by atoms with van der Waals surface area (Å²) in [6, 6.07) is 18.2. The number of ether oxygens (including phenoxy) is 1. The zero-order valence-electron chi connectivity index (χ0n) is 29.5. The van der Waals surface area contributed by atoms with E-state index in [0.29, 0.717) is 54.0 Å². The van der Waals surface area contributed by atoms with E-state index in [2.05, 4.69) is 59.2 Å². The standard InChI is InChI=1S/C43H38N4O6/c1-21(2)34-40-46-36-37(53-40)43-28-10-6-9-26(25-8-5-7-23-12-13-27(33(23)25)31-20-44-39(36)51-31)35(28)47-41(43)52-30-14-11-22(18-29(30)43)17-24(38(49)45-34)19-32(48)42(50)15-3-4-16-42/h5-11,13-14,18,20-21,24,34,41,47,50H,3-4,12,15-17,19H2,1-2H3,(H,45,49)/t24?,34-,41-,43?/m0/s1. The van der Waals surface area contributed by atoms with E-state index in [1.807, 2.05) is 26.0 Å². The van der Waals surface area contributed by atoms with Crippen molar-refractivity contribution in [2.24, 2.45) is 11.8 Å². The third-order valence-corrected chi connectivity index (χ3v) is 12.5. The fourth-order valence-electron chi connectivity index (χ4n) is 9.87. The van der Waals surface area contributed by atoms with E-state index < -0.39 is 29.2 Å². The first-order chi connectivity index (χ1) is 25.7. The molecule has 3 aromatic carbocycles. The van der Waals surface area contributed by atoms with Gasteiger partial charge < -0.3 is 29.3 Å². The van der Waals surface area contributed by atoms with E-state index in [4.69, 9.17) is 23.5 Å². The summed E-state index contributed by atoms with van der Waals surface area (Å²) in [5, 5.41) is 18.3. The molecule has 10 heteroatoms. The maximum atomic E-state index is 14.3. The molecule has 6 heterocycles. The number of nitrogens with zero attached hydrogens (tertiary/aromatic N) is 2. The minimum atomic E-state index is -1.39. The molecule has 10 nitrogen and oxygen atoms in total. The van der Waals surface area contributed by atoms with Crippen molar-refractivity contribution < 1.29 is 28.3 Å². The number of aromatic nitrogens is 2. The third-order valence-electron chi connectivity index (χ3n) is 12.5. The monoisotopic (exact) mass is 706 g/mol. The molecule has 10 bridgehead atoms. The maximum absolute atomic E-state index is 14.3. The molecule has 1 saturated carbocycles. The van der Waals surface area contributed by atoms with Crippen LogP contribution in [0.4, 0.5) is 5.69 Å². The molecule has 2 aromatic heterocycles. The van der Waals surface area contributed by atoms with Gasteiger partial charge in [-0.3, -0.25) is 9.59 Å². The number of Topliss-reactive ketones (excluding diaryl/α,β-unsaturated/α-hetero) is 1. The summed E-state index contributed by atoms with van der Waals surface area (Å²) in [6.45, 7) is 4.02. The van der Waals surface area contributed by atoms with Crippen LogP contribution in [-0.2, 0) is 27.8 Å². The number of hydrogen-bond donors (Lipinski definition) is 3. The Labute approximate surface area is 305 Å². The SMILES string of the molecule is CC(C)[C@@H]1NC(=O)C(CC(=O)C2(O)CCCC2)Cc2ccc3c(c2)C24c5cccc(c5N[C@H]2O3)-c2cccc3c2C(=CC3)c2cnc(o2)-c2nc1oc24. The highest BCUT2D eigenvalue weighted by Crippen LogP contribution is 2.61. The molecule has 0 radical (unpaired) electrons. The second-order valence-corrected chi connectivity index (χ2v) is 15.9. The van der Waals surface area contributed by atoms with Crippen LogP contribution in [0.15, 0.2) is 75.7 Å². The Morgan fingerprint density at radius 2 is 1.85 bits per heavy atom. The van der Waals surface area contributed by atoms with E-state index >= 15 is 0 Å². The van der Waals surface area contributed by atoms with E-state index in [1.54, 1.807) is 6.20 Å². The molecule has 4 aliphatic heterocycles. The van der Waals surface area contributed by atoms with Gasteiger partial charge >= 0.3 is 0 Å². The van der Waals surface area contributed by atoms with E-state index in [1.165, 1.54) is 5.56 Å². The minimum absolute atomic E-state index is 0.0688. The highest BCUT2D eigenvalue weighted by molar-refractivity contribution is 5.97. The van der Waals surface area contributed by atoms with Gasteiger partial charge in [0, 0.05) is 40.3 Å². The zero-order chi connectivity index (χ0) is 35.8. The summed E-state index contributed by atoms with van der Waals surface area (Å²) in [4.78, 5) is 38.0. The van der Waals surface area contributed by atoms with E-state index in [0.717, 1.165) is 63.9 Å². The number of fused-ring (bicyclic) bond motifs is 7. The summed E-state index contributed by atoms with van der Waals surface area (Å²) in [7, 11) is 0. The summed E-state index contributed by atoms with van der Waals surface area (Å²) < 4.78 is 20.6. The summed E-state index contributed by atoms with van der Waals surface area (Å²) in [5.41, 5.74) is 7.18. The maximum Gasteiger partial charge on any atom is 0.249 e. The zero-order valence-corrected chi connectivity index (χ0v) is 29.5. The first-order valence-electron chi connectivity index (χ1n) is 18.8. The smallest absolute Gasteiger partial charge is 0.249 e. The van der Waals surface area contributed by atoms with E-state index in [9.17, 15) is 14.7 Å². The van der Waals surface area contributed by atoms with Crippen LogP contribution in [0.3, 0.4) is 0 Å². The van der Waals surface area contributed by atoms with Gasteiger partial charge in [-0.1, -0.05) is 68.5 Å². The number of carbonyl (C=O) groups is 2. The molecule has 0 saturated heterocycles. The van der Waals surface area contributed by atoms with Gasteiger partial charge in [-0.2, -0.15) is 0 Å². The van der Waals surface area contributed by atoms with Crippen LogP contribution in [0.1, 0.15) is 97.2 Å². The average Bonchev–Trinajstić information content (AvgIpc) is 3.99. The fourth-order valence-corrected chi connectivity index (χ4v) is 9.87. The Balaban J connectivity index is 1.19. The molecule has 2 unspecified atom stereocenters. The van der Waals surface area contributed by atoms with Gasteiger partial charge in [0.1, 0.15) is 22.8 Å². The lowest BCUT2D eigenvalue weighted by Gasteiger charge is -2.29. The van der Waals surface area contributed by atoms with Crippen LogP contribution < -0.4 is 15.4 Å². The molecule has 3 N–H and O–H groups in total. The lowest BCUT2D eigenvalue weighted by atomic mass is 9.71. The first kappa shape index (κ1) is 31.1. The van der Waals surface area contributed by atoms with Gasteiger partial charge in [0.2, 0.25) is 17.7 Å². The van der Waals surface area contributed by atoms with Crippen LogP contribution >= 0.6 is 0 Å². The van der Waals surface area contributed by atoms with Crippen molar-refractivity contribution >= 4 is 23.0 Å². The molecule has 1 amide bonds. The number of ketones is 1. The molecule has 6 aliphatic rings. The molecule has 1 spiro atoms. The lowest BCUT2D eigenvalue weighted by Crippen LogP contribution is -2.42. The summed E-state index contributed by atoms with van der Waals surface area (Å²) >= 11 is 0. The summed E-state index contributed by atoms with van der Waals surface area (Å²) in [5.74, 6) is 1.08. The predicted molar refractivity (Wildman–Crippen MR) is 195 cm³/mol. The van der Waals surface area contributed by atoms with Gasteiger partial charge in [0.15, 0.2) is 29.2 Å². The van der Waals surface area contributed by atoms with Crippen molar-refractivity contribution in [1.29, 1.82) is 0 Å². The van der Waals surface area contributed by atoms with Crippen molar-refractivity contribution in [3.8, 4) is 28.5 Å². The van der Waals surface area contributed by atoms with Crippen molar-refractivity contribution in [3.63, 3.8) is 0 Å². The Kier molecular flexibility index (Phi) is 6.33. The molecule has 53 heavy (non-hydrogen) atoms. The molecular weight excluding hydrogens is 668 g/mol. The normalized spacial score (nSPS) is 25.0. The van der Waals surface area contributed by atoms with Crippen molar-refractivity contribution in [1.82, 2.24) is 15.3 Å². The van der Waals surface area contributed by atoms with Crippen LogP contribution in [0, 0.1) is 11.8 Å². The number of rotatable bonds is 4. The first-order valence-corrected chi connectivity index (χ1v) is 18.8. The van der Waals surface area contributed by atoms with Gasteiger partial charge in [-0.05, 0) is 72.8 Å².